The Morgan fingerprint density at radius 1 is 1.14 bits per heavy atom. The van der Waals surface area contributed by atoms with E-state index in [1.807, 2.05) is 4.90 Å². The summed E-state index contributed by atoms with van der Waals surface area (Å²) in [7, 11) is 0. The van der Waals surface area contributed by atoms with Gasteiger partial charge in [0.1, 0.15) is 5.69 Å². The fraction of sp³-hybridized carbons (Fsp3) is 0.300. The minimum absolute atomic E-state index is 0.0906. The highest BCUT2D eigenvalue weighted by atomic mass is 19.4. The largest absolute Gasteiger partial charge is 0.416 e. The van der Waals surface area contributed by atoms with Gasteiger partial charge in [-0.1, -0.05) is 17.3 Å². The Balaban J connectivity index is 1.60. The molecular formula is C20H18F3N3O2. The number of carbonyl (C=O) groups is 1. The number of amides is 1. The minimum Gasteiger partial charge on any atom is -0.370 e. The van der Waals surface area contributed by atoms with E-state index < -0.39 is 17.6 Å². The Labute approximate surface area is 159 Å². The Bertz CT molecular complexity index is 1010. The van der Waals surface area contributed by atoms with Crippen molar-refractivity contribution in [1.29, 1.82) is 0 Å². The maximum atomic E-state index is 13.1. The topological polar surface area (TPSA) is 58.4 Å². The predicted molar refractivity (Wildman–Crippen MR) is 99.2 cm³/mol. The quantitative estimate of drug-likeness (QED) is 0.707. The van der Waals surface area contributed by atoms with Gasteiger partial charge < -0.3 is 14.7 Å². The summed E-state index contributed by atoms with van der Waals surface area (Å²) >= 11 is 0. The van der Waals surface area contributed by atoms with Crippen LogP contribution in [0.2, 0.25) is 0 Å². The highest BCUT2D eigenvalue weighted by Crippen LogP contribution is 2.36. The van der Waals surface area contributed by atoms with Gasteiger partial charge in [-0.15, -0.1) is 0 Å². The van der Waals surface area contributed by atoms with Gasteiger partial charge in [-0.25, -0.2) is 0 Å². The van der Waals surface area contributed by atoms with Crippen LogP contribution in [-0.4, -0.2) is 24.2 Å². The summed E-state index contributed by atoms with van der Waals surface area (Å²) in [6, 6.07) is 10.6. The number of hydrogen-bond acceptors (Lipinski definition) is 4. The minimum atomic E-state index is -4.48. The fourth-order valence-corrected chi connectivity index (χ4v) is 3.46. The molecule has 1 N–H and O–H groups in total. The number of anilines is 2. The number of nitrogens with zero attached hydrogens (tertiary/aromatic N) is 2. The van der Waals surface area contributed by atoms with Crippen LogP contribution in [-0.2, 0) is 17.4 Å². The van der Waals surface area contributed by atoms with Crippen molar-refractivity contribution in [3.63, 3.8) is 0 Å². The lowest BCUT2D eigenvalue weighted by molar-refractivity contribution is -0.137. The lowest BCUT2D eigenvalue weighted by Gasteiger charge is -2.22. The van der Waals surface area contributed by atoms with Crippen molar-refractivity contribution in [3.8, 4) is 0 Å². The highest BCUT2D eigenvalue weighted by Gasteiger charge is 2.32. The van der Waals surface area contributed by atoms with Crippen LogP contribution in [0.3, 0.4) is 0 Å². The second kappa shape index (κ2) is 7.18. The lowest BCUT2D eigenvalue weighted by Crippen LogP contribution is -2.22. The van der Waals surface area contributed by atoms with E-state index >= 15 is 0 Å². The molecule has 5 nitrogen and oxygen atoms in total. The van der Waals surface area contributed by atoms with Gasteiger partial charge in [0.25, 0.3) is 0 Å². The molecule has 0 saturated carbocycles. The molecule has 2 aromatic carbocycles. The van der Waals surface area contributed by atoms with Gasteiger partial charge in [0.15, 0.2) is 5.58 Å². The van der Waals surface area contributed by atoms with Crippen LogP contribution < -0.4 is 10.2 Å². The molecule has 2 heterocycles. The standard InChI is InChI=1S/C20H18F3N3O2/c21-20(22,23)13-7-8-17(26-9-3-4-10-26)16(11-13)24-19(27)12-15-14-5-1-2-6-18(14)28-25-15/h1-2,5-8,11H,3-4,9-10,12H2,(H,24,27). The van der Waals surface area contributed by atoms with Gasteiger partial charge >= 0.3 is 6.18 Å². The number of fused-ring (bicyclic) bond motifs is 1. The van der Waals surface area contributed by atoms with Gasteiger partial charge in [-0.3, -0.25) is 4.79 Å². The normalized spacial score (nSPS) is 14.6. The molecule has 0 spiro atoms. The number of alkyl halides is 3. The molecule has 146 valence electrons. The molecule has 0 aliphatic carbocycles. The van der Waals surface area contributed by atoms with E-state index in [0.29, 0.717) is 22.4 Å². The van der Waals surface area contributed by atoms with Crippen molar-refractivity contribution >= 4 is 28.3 Å². The molecule has 0 bridgehead atoms. The zero-order valence-electron chi connectivity index (χ0n) is 14.9. The van der Waals surface area contributed by atoms with Crippen LogP contribution in [0.15, 0.2) is 47.0 Å². The summed E-state index contributed by atoms with van der Waals surface area (Å²) in [4.78, 5) is 14.5. The zero-order valence-corrected chi connectivity index (χ0v) is 14.9. The molecular weight excluding hydrogens is 371 g/mol. The summed E-state index contributed by atoms with van der Waals surface area (Å²) < 4.78 is 44.6. The first-order chi connectivity index (χ1) is 13.4. The summed E-state index contributed by atoms with van der Waals surface area (Å²) in [5, 5.41) is 7.26. The molecule has 3 aromatic rings. The number of benzene rings is 2. The van der Waals surface area contributed by atoms with Crippen LogP contribution >= 0.6 is 0 Å². The molecule has 1 saturated heterocycles. The van der Waals surface area contributed by atoms with Crippen LogP contribution in [0.5, 0.6) is 0 Å². The molecule has 1 aliphatic heterocycles. The summed E-state index contributed by atoms with van der Waals surface area (Å²) in [6.07, 6.45) is -2.63. The Morgan fingerprint density at radius 3 is 2.64 bits per heavy atom. The molecule has 8 heteroatoms. The molecule has 1 aliphatic rings. The Hall–Kier alpha value is -3.03. The van der Waals surface area contributed by atoms with E-state index in [2.05, 4.69) is 10.5 Å². The van der Waals surface area contributed by atoms with E-state index in [1.54, 1.807) is 24.3 Å². The molecule has 1 fully saturated rings. The van der Waals surface area contributed by atoms with E-state index in [1.165, 1.54) is 6.07 Å². The fourth-order valence-electron chi connectivity index (χ4n) is 3.46. The second-order valence-electron chi connectivity index (χ2n) is 6.77. The van der Waals surface area contributed by atoms with E-state index in [9.17, 15) is 18.0 Å². The van der Waals surface area contributed by atoms with Crippen molar-refractivity contribution in [2.75, 3.05) is 23.3 Å². The Morgan fingerprint density at radius 2 is 1.89 bits per heavy atom. The number of rotatable bonds is 4. The molecule has 1 aromatic heterocycles. The van der Waals surface area contributed by atoms with E-state index in [-0.39, 0.29) is 12.1 Å². The maximum Gasteiger partial charge on any atom is 0.416 e. The number of hydrogen-bond donors (Lipinski definition) is 1. The van der Waals surface area contributed by atoms with Crippen LogP contribution in [0.4, 0.5) is 24.5 Å². The molecule has 1 amide bonds. The summed E-state index contributed by atoms with van der Waals surface area (Å²) in [5.41, 5.74) is 0.973. The van der Waals surface area contributed by atoms with Gasteiger partial charge in [-0.2, -0.15) is 13.2 Å². The van der Waals surface area contributed by atoms with Crippen molar-refractivity contribution < 1.29 is 22.5 Å². The van der Waals surface area contributed by atoms with Crippen LogP contribution in [0.1, 0.15) is 24.1 Å². The number of halogens is 3. The third-order valence-corrected chi connectivity index (χ3v) is 4.82. The lowest BCUT2D eigenvalue weighted by atomic mass is 10.1. The van der Waals surface area contributed by atoms with E-state index in [0.717, 1.165) is 38.1 Å². The van der Waals surface area contributed by atoms with Crippen molar-refractivity contribution in [1.82, 2.24) is 5.16 Å². The predicted octanol–water partition coefficient (Wildman–Crippen LogP) is 4.63. The maximum absolute atomic E-state index is 13.1. The summed E-state index contributed by atoms with van der Waals surface area (Å²) in [6.45, 7) is 1.50. The molecule has 4 rings (SSSR count). The van der Waals surface area contributed by atoms with Gasteiger partial charge in [0, 0.05) is 18.5 Å². The van der Waals surface area contributed by atoms with Gasteiger partial charge in [-0.05, 0) is 43.2 Å². The van der Waals surface area contributed by atoms with E-state index in [4.69, 9.17) is 4.52 Å². The van der Waals surface area contributed by atoms with Gasteiger partial charge in [0.2, 0.25) is 5.91 Å². The average molecular weight is 389 g/mol. The molecule has 0 atom stereocenters. The second-order valence-corrected chi connectivity index (χ2v) is 6.77. The summed E-state index contributed by atoms with van der Waals surface area (Å²) in [5.74, 6) is -0.446. The number of nitrogens with one attached hydrogen (secondary N) is 1. The SMILES string of the molecule is O=C(Cc1noc2ccccc12)Nc1cc(C(F)(F)F)ccc1N1CCCC1. The van der Waals surface area contributed by atoms with Crippen molar-refractivity contribution in [2.24, 2.45) is 0 Å². The number of carbonyl (C=O) groups excluding carboxylic acids is 1. The van der Waals surface area contributed by atoms with Gasteiger partial charge in [0.05, 0.1) is 23.4 Å². The number of aromatic nitrogens is 1. The van der Waals surface area contributed by atoms with Crippen molar-refractivity contribution in [3.05, 3.63) is 53.7 Å². The first-order valence-corrected chi connectivity index (χ1v) is 9.01. The number of para-hydroxylation sites is 1. The zero-order chi connectivity index (χ0) is 19.7. The molecule has 28 heavy (non-hydrogen) atoms. The third kappa shape index (κ3) is 3.67. The third-order valence-electron chi connectivity index (χ3n) is 4.82. The average Bonchev–Trinajstić information content (AvgIpc) is 3.31. The monoisotopic (exact) mass is 389 g/mol. The molecule has 0 radical (unpaired) electrons. The molecule has 0 unspecified atom stereocenters. The van der Waals surface area contributed by atoms with Crippen LogP contribution in [0.25, 0.3) is 11.0 Å². The smallest absolute Gasteiger partial charge is 0.370 e. The highest BCUT2D eigenvalue weighted by molar-refractivity contribution is 5.97. The van der Waals surface area contributed by atoms with Crippen molar-refractivity contribution in [2.45, 2.75) is 25.4 Å². The first-order valence-electron chi connectivity index (χ1n) is 9.01. The Kier molecular flexibility index (Phi) is 4.70. The first kappa shape index (κ1) is 18.3. The van der Waals surface area contributed by atoms with Crippen LogP contribution in [0, 0.1) is 0 Å².